The van der Waals surface area contributed by atoms with E-state index in [0.717, 1.165) is 0 Å². The smallest absolute Gasteiger partial charge is 0.00722 e. The van der Waals surface area contributed by atoms with E-state index in [0.29, 0.717) is 0 Å². The lowest BCUT2D eigenvalue weighted by molar-refractivity contribution is 1.20. The summed E-state index contributed by atoms with van der Waals surface area (Å²) in [6.07, 6.45) is 1.18. The summed E-state index contributed by atoms with van der Waals surface area (Å²) in [7, 11) is 0. The Bertz CT molecular complexity index is 387. The minimum absolute atomic E-state index is 1.17. The summed E-state index contributed by atoms with van der Waals surface area (Å²) >= 11 is 3.78. The minimum atomic E-state index is 1.17. The van der Waals surface area contributed by atoms with Crippen molar-refractivity contribution in [2.24, 2.45) is 0 Å². The zero-order valence-electron chi connectivity index (χ0n) is 8.77. The van der Waals surface area contributed by atoms with Crippen LogP contribution in [0.5, 0.6) is 0 Å². The predicted octanol–water partition coefficient (Wildman–Crippen LogP) is 4.39. The lowest BCUT2D eigenvalue weighted by Crippen LogP contribution is -1.84. The molecular formula is C13H14S2. The Morgan fingerprint density at radius 2 is 1.93 bits per heavy atom. The van der Waals surface area contributed by atoms with Gasteiger partial charge in [-0.1, -0.05) is 23.8 Å². The molecule has 0 atom stereocenters. The third-order valence-electron chi connectivity index (χ3n) is 2.22. The van der Waals surface area contributed by atoms with Gasteiger partial charge in [0.2, 0.25) is 0 Å². The van der Waals surface area contributed by atoms with E-state index in [4.69, 9.17) is 0 Å². The fraction of sp³-hybridized carbons (Fsp3) is 0.231. The van der Waals surface area contributed by atoms with Crippen LogP contribution < -0.4 is 0 Å². The van der Waals surface area contributed by atoms with E-state index < -0.39 is 0 Å². The molecule has 0 saturated carbocycles. The van der Waals surface area contributed by atoms with Crippen LogP contribution in [0.1, 0.15) is 10.4 Å². The van der Waals surface area contributed by atoms with Crippen molar-refractivity contribution in [2.75, 3.05) is 5.75 Å². The average Bonchev–Trinajstić information content (AvgIpc) is 2.74. The van der Waals surface area contributed by atoms with Crippen LogP contribution in [0.2, 0.25) is 0 Å². The first kappa shape index (κ1) is 10.8. The summed E-state index contributed by atoms with van der Waals surface area (Å²) in [5, 5.41) is 2.14. The molecule has 2 heteroatoms. The van der Waals surface area contributed by atoms with Crippen LogP contribution in [-0.2, 0) is 6.42 Å². The largest absolute Gasteiger partial charge is 0.149 e. The summed E-state index contributed by atoms with van der Waals surface area (Å²) in [6.45, 7) is 2.13. The quantitative estimate of drug-likeness (QED) is 0.707. The molecule has 2 aromatic rings. The number of thioether (sulfide) groups is 1. The van der Waals surface area contributed by atoms with E-state index in [2.05, 4.69) is 48.7 Å². The highest BCUT2D eigenvalue weighted by Gasteiger charge is 1.96. The lowest BCUT2D eigenvalue weighted by Gasteiger charge is -2.00. The van der Waals surface area contributed by atoms with Crippen LogP contribution in [0.4, 0.5) is 0 Å². The van der Waals surface area contributed by atoms with Crippen molar-refractivity contribution in [3.05, 3.63) is 52.2 Å². The molecule has 0 radical (unpaired) electrons. The van der Waals surface area contributed by atoms with Crippen molar-refractivity contribution in [3.8, 4) is 0 Å². The van der Waals surface area contributed by atoms with Crippen molar-refractivity contribution in [2.45, 2.75) is 18.2 Å². The highest BCUT2D eigenvalue weighted by atomic mass is 32.2. The number of aryl methyl sites for hydroxylation is 2. The van der Waals surface area contributed by atoms with Gasteiger partial charge in [0.25, 0.3) is 0 Å². The van der Waals surface area contributed by atoms with Crippen LogP contribution in [0, 0.1) is 6.92 Å². The van der Waals surface area contributed by atoms with E-state index in [-0.39, 0.29) is 0 Å². The number of hydrogen-bond acceptors (Lipinski definition) is 2. The Hall–Kier alpha value is -0.730. The Balaban J connectivity index is 1.81. The van der Waals surface area contributed by atoms with E-state index >= 15 is 0 Å². The molecule has 0 aliphatic carbocycles. The van der Waals surface area contributed by atoms with E-state index in [9.17, 15) is 0 Å². The maximum absolute atomic E-state index is 2.21. The van der Waals surface area contributed by atoms with Crippen LogP contribution in [0.3, 0.4) is 0 Å². The first-order valence-electron chi connectivity index (χ1n) is 5.06. The van der Waals surface area contributed by atoms with Crippen molar-refractivity contribution < 1.29 is 0 Å². The number of rotatable bonds is 4. The summed E-state index contributed by atoms with van der Waals surface area (Å²) in [5.74, 6) is 1.17. The molecule has 1 aromatic heterocycles. The molecule has 0 saturated heterocycles. The molecular weight excluding hydrogens is 220 g/mol. The highest BCUT2D eigenvalue weighted by Crippen LogP contribution is 2.20. The van der Waals surface area contributed by atoms with Gasteiger partial charge in [-0.05, 0) is 36.9 Å². The third kappa shape index (κ3) is 3.40. The van der Waals surface area contributed by atoms with Crippen molar-refractivity contribution in [3.63, 3.8) is 0 Å². The maximum atomic E-state index is 2.21. The van der Waals surface area contributed by atoms with Gasteiger partial charge in [-0.2, -0.15) is 0 Å². The standard InChI is InChI=1S/C13H14S2/c1-11-4-6-13(7-5-11)15-10-8-12-3-2-9-14-12/h2-7,9H,8,10H2,1H3. The van der Waals surface area contributed by atoms with Crippen LogP contribution in [-0.4, -0.2) is 5.75 Å². The number of hydrogen-bond donors (Lipinski definition) is 0. The molecule has 0 N–H and O–H groups in total. The molecule has 0 aliphatic rings. The topological polar surface area (TPSA) is 0 Å². The van der Waals surface area contributed by atoms with E-state index in [1.807, 2.05) is 23.1 Å². The summed E-state index contributed by atoms with van der Waals surface area (Å²) < 4.78 is 0. The molecule has 0 bridgehead atoms. The molecule has 2 rings (SSSR count). The van der Waals surface area contributed by atoms with Gasteiger partial charge < -0.3 is 0 Å². The average molecular weight is 234 g/mol. The summed E-state index contributed by atoms with van der Waals surface area (Å²) in [4.78, 5) is 2.85. The van der Waals surface area contributed by atoms with Crippen molar-refractivity contribution >= 4 is 23.1 Å². The van der Waals surface area contributed by atoms with E-state index in [1.54, 1.807) is 0 Å². The number of thiophene rings is 1. The van der Waals surface area contributed by atoms with E-state index in [1.165, 1.54) is 27.5 Å². The van der Waals surface area contributed by atoms with Crippen molar-refractivity contribution in [1.29, 1.82) is 0 Å². The molecule has 78 valence electrons. The van der Waals surface area contributed by atoms with Gasteiger partial charge in [-0.25, -0.2) is 0 Å². The molecule has 0 spiro atoms. The summed E-state index contributed by atoms with van der Waals surface area (Å²) in [5.41, 5.74) is 1.33. The highest BCUT2D eigenvalue weighted by molar-refractivity contribution is 7.99. The Kier molecular flexibility index (Phi) is 3.87. The fourth-order valence-corrected chi connectivity index (χ4v) is 3.08. The predicted molar refractivity (Wildman–Crippen MR) is 69.9 cm³/mol. The third-order valence-corrected chi connectivity index (χ3v) is 4.17. The second kappa shape index (κ2) is 5.38. The molecule has 1 heterocycles. The zero-order chi connectivity index (χ0) is 10.5. The Morgan fingerprint density at radius 3 is 2.60 bits per heavy atom. The van der Waals surface area contributed by atoms with Crippen LogP contribution in [0.25, 0.3) is 0 Å². The normalized spacial score (nSPS) is 10.5. The monoisotopic (exact) mass is 234 g/mol. The van der Waals surface area contributed by atoms with Gasteiger partial charge in [0, 0.05) is 15.5 Å². The lowest BCUT2D eigenvalue weighted by atomic mass is 10.2. The molecule has 15 heavy (non-hydrogen) atoms. The summed E-state index contributed by atoms with van der Waals surface area (Å²) in [6, 6.07) is 13.1. The molecule has 1 aromatic carbocycles. The van der Waals surface area contributed by atoms with Gasteiger partial charge in [-0.15, -0.1) is 23.1 Å². The molecule has 0 unspecified atom stereocenters. The SMILES string of the molecule is Cc1ccc(SCCc2cccs2)cc1. The Labute approximate surface area is 99.3 Å². The van der Waals surface area contributed by atoms with Gasteiger partial charge >= 0.3 is 0 Å². The minimum Gasteiger partial charge on any atom is -0.149 e. The van der Waals surface area contributed by atoms with Gasteiger partial charge in [0.1, 0.15) is 0 Å². The molecule has 0 nitrogen and oxygen atoms in total. The van der Waals surface area contributed by atoms with Crippen molar-refractivity contribution in [1.82, 2.24) is 0 Å². The maximum Gasteiger partial charge on any atom is 0.00722 e. The van der Waals surface area contributed by atoms with Crippen LogP contribution >= 0.6 is 23.1 Å². The van der Waals surface area contributed by atoms with Gasteiger partial charge in [0.05, 0.1) is 0 Å². The molecule has 0 aliphatic heterocycles. The van der Waals surface area contributed by atoms with Gasteiger partial charge in [0.15, 0.2) is 0 Å². The molecule has 0 amide bonds. The van der Waals surface area contributed by atoms with Gasteiger partial charge in [-0.3, -0.25) is 0 Å². The first-order valence-corrected chi connectivity index (χ1v) is 6.93. The second-order valence-corrected chi connectivity index (χ2v) is 5.69. The second-order valence-electron chi connectivity index (χ2n) is 3.49. The fourth-order valence-electron chi connectivity index (χ4n) is 1.36. The first-order chi connectivity index (χ1) is 7.34. The zero-order valence-corrected chi connectivity index (χ0v) is 10.4. The van der Waals surface area contributed by atoms with Crippen LogP contribution in [0.15, 0.2) is 46.7 Å². The molecule has 0 fully saturated rings. The Morgan fingerprint density at radius 1 is 1.13 bits per heavy atom. The number of benzene rings is 1.